The fraction of sp³-hybridized carbons (Fsp3) is 0.500. The van der Waals surface area contributed by atoms with Crippen LogP contribution in [0, 0.1) is 5.92 Å². The summed E-state index contributed by atoms with van der Waals surface area (Å²) in [5.74, 6) is -0.0438. The van der Waals surface area contributed by atoms with Gasteiger partial charge in [-0.3, -0.25) is 4.79 Å². The quantitative estimate of drug-likeness (QED) is 0.662. The minimum atomic E-state index is -3.41. The number of para-hydroxylation sites is 1. The minimum Gasteiger partial charge on any atom is -0.371 e. The van der Waals surface area contributed by atoms with Crippen molar-refractivity contribution in [2.45, 2.75) is 36.3 Å². The van der Waals surface area contributed by atoms with Crippen molar-refractivity contribution in [3.63, 3.8) is 0 Å². The smallest absolute Gasteiger partial charge is 0.252 e. The number of piperidine rings is 1. The molecule has 2 aliphatic heterocycles. The van der Waals surface area contributed by atoms with Gasteiger partial charge in [0.1, 0.15) is 4.21 Å². The monoisotopic (exact) mass is 447 g/mol. The molecule has 30 heavy (non-hydrogen) atoms. The summed E-state index contributed by atoms with van der Waals surface area (Å²) in [7, 11) is -3.41. The lowest BCUT2D eigenvalue weighted by molar-refractivity contribution is -0.126. The number of aryl methyl sites for hydroxylation is 1. The zero-order valence-corrected chi connectivity index (χ0v) is 18.8. The zero-order chi connectivity index (χ0) is 21.0. The van der Waals surface area contributed by atoms with E-state index in [2.05, 4.69) is 34.5 Å². The highest BCUT2D eigenvalue weighted by molar-refractivity contribution is 7.91. The number of anilines is 1. The molecule has 1 aromatic carbocycles. The topological polar surface area (TPSA) is 69.7 Å². The summed E-state index contributed by atoms with van der Waals surface area (Å²) in [6, 6.07) is 12.0. The maximum absolute atomic E-state index is 12.6. The van der Waals surface area contributed by atoms with Gasteiger partial charge >= 0.3 is 0 Å². The first-order chi connectivity index (χ1) is 14.6. The van der Waals surface area contributed by atoms with E-state index in [1.165, 1.54) is 33.3 Å². The number of rotatable bonds is 7. The van der Waals surface area contributed by atoms with E-state index in [0.717, 1.165) is 25.9 Å². The minimum absolute atomic E-state index is 0.0576. The third-order valence-electron chi connectivity index (χ3n) is 6.02. The molecule has 1 saturated heterocycles. The van der Waals surface area contributed by atoms with Gasteiger partial charge in [0.2, 0.25) is 5.91 Å². The number of fused-ring (bicyclic) bond motifs is 1. The maximum Gasteiger partial charge on any atom is 0.252 e. The Kier molecular flexibility index (Phi) is 6.75. The van der Waals surface area contributed by atoms with Crippen molar-refractivity contribution in [1.82, 2.24) is 9.62 Å². The molecule has 0 radical (unpaired) electrons. The maximum atomic E-state index is 12.6. The average Bonchev–Trinajstić information content (AvgIpc) is 3.33. The SMILES string of the molecule is O=C(NCCCN1CCCc2ccccc21)C1CCN(S(=O)(=O)c2cccs2)CC1. The summed E-state index contributed by atoms with van der Waals surface area (Å²) in [5, 5.41) is 4.84. The van der Waals surface area contributed by atoms with Crippen molar-refractivity contribution in [2.24, 2.45) is 5.92 Å². The summed E-state index contributed by atoms with van der Waals surface area (Å²) >= 11 is 1.24. The summed E-state index contributed by atoms with van der Waals surface area (Å²) in [5.41, 5.74) is 2.74. The van der Waals surface area contributed by atoms with Crippen LogP contribution in [0.4, 0.5) is 5.69 Å². The third-order valence-corrected chi connectivity index (χ3v) is 9.30. The van der Waals surface area contributed by atoms with Crippen LogP contribution in [0.2, 0.25) is 0 Å². The van der Waals surface area contributed by atoms with E-state index in [4.69, 9.17) is 0 Å². The van der Waals surface area contributed by atoms with Gasteiger partial charge in [0.15, 0.2) is 0 Å². The summed E-state index contributed by atoms with van der Waals surface area (Å²) in [6.45, 7) is 3.48. The summed E-state index contributed by atoms with van der Waals surface area (Å²) in [4.78, 5) is 15.0. The molecule has 0 saturated carbocycles. The molecule has 0 atom stereocenters. The number of thiophene rings is 1. The molecule has 6 nitrogen and oxygen atoms in total. The Balaban J connectivity index is 1.20. The Morgan fingerprint density at radius 2 is 1.90 bits per heavy atom. The van der Waals surface area contributed by atoms with Crippen LogP contribution in [-0.2, 0) is 21.2 Å². The summed E-state index contributed by atoms with van der Waals surface area (Å²) in [6.07, 6.45) is 4.39. The van der Waals surface area contributed by atoms with Crippen LogP contribution >= 0.6 is 11.3 Å². The van der Waals surface area contributed by atoms with E-state index < -0.39 is 10.0 Å². The molecule has 162 valence electrons. The Morgan fingerprint density at radius 3 is 2.67 bits per heavy atom. The lowest BCUT2D eigenvalue weighted by Crippen LogP contribution is -2.43. The number of carbonyl (C=O) groups excluding carboxylic acids is 1. The molecular formula is C22H29N3O3S2. The Hall–Kier alpha value is -1.90. The van der Waals surface area contributed by atoms with Crippen LogP contribution < -0.4 is 10.2 Å². The van der Waals surface area contributed by atoms with Crippen LogP contribution in [0.5, 0.6) is 0 Å². The van der Waals surface area contributed by atoms with Gasteiger partial charge in [-0.2, -0.15) is 4.31 Å². The summed E-state index contributed by atoms with van der Waals surface area (Å²) < 4.78 is 27.1. The Morgan fingerprint density at radius 1 is 1.10 bits per heavy atom. The second-order valence-electron chi connectivity index (χ2n) is 7.97. The highest BCUT2D eigenvalue weighted by Crippen LogP contribution is 2.27. The molecule has 0 unspecified atom stereocenters. The molecule has 0 aliphatic carbocycles. The first-order valence-corrected chi connectivity index (χ1v) is 13.0. The second-order valence-corrected chi connectivity index (χ2v) is 11.1. The van der Waals surface area contributed by atoms with Crippen molar-refractivity contribution in [1.29, 1.82) is 0 Å². The van der Waals surface area contributed by atoms with Gasteiger partial charge in [-0.1, -0.05) is 24.3 Å². The van der Waals surface area contributed by atoms with Crippen LogP contribution in [0.1, 0.15) is 31.2 Å². The second kappa shape index (κ2) is 9.49. The van der Waals surface area contributed by atoms with Crippen LogP contribution in [0.15, 0.2) is 46.0 Å². The number of hydrogen-bond donors (Lipinski definition) is 1. The number of amides is 1. The molecule has 1 aromatic heterocycles. The predicted octanol–water partition coefficient (Wildman–Crippen LogP) is 3.11. The van der Waals surface area contributed by atoms with Crippen molar-refractivity contribution in [3.8, 4) is 0 Å². The first-order valence-electron chi connectivity index (χ1n) is 10.7. The van der Waals surface area contributed by atoms with Gasteiger partial charge in [-0.05, 0) is 55.2 Å². The Bertz CT molecular complexity index is 952. The highest BCUT2D eigenvalue weighted by atomic mass is 32.2. The molecule has 8 heteroatoms. The van der Waals surface area contributed by atoms with Crippen molar-refractivity contribution >= 4 is 33.0 Å². The van der Waals surface area contributed by atoms with Crippen molar-refractivity contribution < 1.29 is 13.2 Å². The number of hydrogen-bond acceptors (Lipinski definition) is 5. The molecular weight excluding hydrogens is 418 g/mol. The number of benzene rings is 1. The lowest BCUT2D eigenvalue weighted by atomic mass is 9.97. The van der Waals surface area contributed by atoms with Crippen molar-refractivity contribution in [3.05, 3.63) is 47.3 Å². The van der Waals surface area contributed by atoms with E-state index >= 15 is 0 Å². The molecule has 4 rings (SSSR count). The zero-order valence-electron chi connectivity index (χ0n) is 17.1. The predicted molar refractivity (Wildman–Crippen MR) is 120 cm³/mol. The van der Waals surface area contributed by atoms with Crippen LogP contribution in [-0.4, -0.2) is 51.4 Å². The van der Waals surface area contributed by atoms with Gasteiger partial charge in [0.25, 0.3) is 10.0 Å². The van der Waals surface area contributed by atoms with Crippen LogP contribution in [0.3, 0.4) is 0 Å². The third kappa shape index (κ3) is 4.71. The highest BCUT2D eigenvalue weighted by Gasteiger charge is 2.32. The van der Waals surface area contributed by atoms with Gasteiger partial charge in [-0.15, -0.1) is 11.3 Å². The van der Waals surface area contributed by atoms with Crippen molar-refractivity contribution in [2.75, 3.05) is 37.6 Å². The van der Waals surface area contributed by atoms with E-state index in [0.29, 0.717) is 36.7 Å². The number of nitrogens with one attached hydrogen (secondary N) is 1. The molecule has 3 heterocycles. The first kappa shape index (κ1) is 21.3. The van der Waals surface area contributed by atoms with E-state index in [9.17, 15) is 13.2 Å². The Labute approximate surface area is 182 Å². The number of sulfonamides is 1. The van der Waals surface area contributed by atoms with E-state index in [1.54, 1.807) is 17.5 Å². The van der Waals surface area contributed by atoms with Gasteiger partial charge in [-0.25, -0.2) is 8.42 Å². The van der Waals surface area contributed by atoms with Gasteiger partial charge < -0.3 is 10.2 Å². The van der Waals surface area contributed by atoms with E-state index in [1.807, 2.05) is 0 Å². The average molecular weight is 448 g/mol. The molecule has 1 N–H and O–H groups in total. The van der Waals surface area contributed by atoms with Crippen LogP contribution in [0.25, 0.3) is 0 Å². The van der Waals surface area contributed by atoms with E-state index in [-0.39, 0.29) is 11.8 Å². The normalized spacial score (nSPS) is 18.2. The standard InChI is InChI=1S/C22H29N3O3S2/c26-22(19-10-15-25(16-11-19)30(27,28)21-9-4-17-29-21)23-12-5-14-24-13-3-7-18-6-1-2-8-20(18)24/h1-2,4,6,8-9,17,19H,3,5,7,10-16H2,(H,23,26). The lowest BCUT2D eigenvalue weighted by Gasteiger charge is -2.32. The largest absolute Gasteiger partial charge is 0.371 e. The molecule has 1 fully saturated rings. The fourth-order valence-electron chi connectivity index (χ4n) is 4.37. The molecule has 2 aliphatic rings. The van der Waals surface area contributed by atoms with Gasteiger partial charge in [0, 0.05) is 44.3 Å². The molecule has 0 bridgehead atoms. The number of nitrogens with zero attached hydrogens (tertiary/aromatic N) is 2. The molecule has 1 amide bonds. The number of carbonyl (C=O) groups is 1. The molecule has 2 aromatic rings. The fourth-order valence-corrected chi connectivity index (χ4v) is 6.98. The van der Waals surface area contributed by atoms with Gasteiger partial charge in [0.05, 0.1) is 0 Å². The molecule has 0 spiro atoms.